The van der Waals surface area contributed by atoms with Crippen molar-refractivity contribution in [1.29, 1.82) is 0 Å². The maximum absolute atomic E-state index is 12.5. The molecule has 7 heteroatoms. The van der Waals surface area contributed by atoms with Gasteiger partial charge in [-0.05, 0) is 19.3 Å². The first-order valence-electron chi connectivity index (χ1n) is 7.04. The highest BCUT2D eigenvalue weighted by Crippen LogP contribution is 2.37. The van der Waals surface area contributed by atoms with E-state index in [1.165, 1.54) is 12.1 Å². The lowest BCUT2D eigenvalue weighted by molar-refractivity contribution is -0.385. The Morgan fingerprint density at radius 1 is 1.10 bits per heavy atom. The minimum absolute atomic E-state index is 0.0751. The normalized spacial score (nSPS) is 17.4. The molecule has 0 aromatic heterocycles. The molecule has 1 fully saturated rings. The minimum Gasteiger partial charge on any atom is -0.486 e. The smallest absolute Gasteiger partial charge is 0.286 e. The predicted molar refractivity (Wildman–Crippen MR) is 73.8 cm³/mol. The van der Waals surface area contributed by atoms with Gasteiger partial charge in [0.1, 0.15) is 18.8 Å². The largest absolute Gasteiger partial charge is 0.486 e. The van der Waals surface area contributed by atoms with Crippen LogP contribution in [0.2, 0.25) is 0 Å². The second kappa shape index (κ2) is 5.59. The minimum atomic E-state index is -0.546. The second-order valence-electron chi connectivity index (χ2n) is 5.12. The van der Waals surface area contributed by atoms with Crippen molar-refractivity contribution in [1.82, 2.24) is 4.90 Å². The van der Waals surface area contributed by atoms with Gasteiger partial charge in [0.15, 0.2) is 11.5 Å². The van der Waals surface area contributed by atoms with Crippen molar-refractivity contribution >= 4 is 11.6 Å². The summed E-state index contributed by atoms with van der Waals surface area (Å²) in [5.41, 5.74) is -0.152. The number of rotatable bonds is 2. The van der Waals surface area contributed by atoms with E-state index in [9.17, 15) is 14.9 Å². The summed E-state index contributed by atoms with van der Waals surface area (Å²) < 4.78 is 10.8. The second-order valence-corrected chi connectivity index (χ2v) is 5.12. The maximum atomic E-state index is 12.5. The molecule has 7 nitrogen and oxygen atoms in total. The van der Waals surface area contributed by atoms with Crippen molar-refractivity contribution in [3.63, 3.8) is 0 Å². The van der Waals surface area contributed by atoms with E-state index in [1.54, 1.807) is 4.90 Å². The van der Waals surface area contributed by atoms with Crippen LogP contribution < -0.4 is 9.47 Å². The molecule has 0 atom stereocenters. The summed E-state index contributed by atoms with van der Waals surface area (Å²) in [4.78, 5) is 24.9. The summed E-state index contributed by atoms with van der Waals surface area (Å²) in [6.07, 6.45) is 2.96. The van der Waals surface area contributed by atoms with Gasteiger partial charge in [-0.15, -0.1) is 0 Å². The Kier molecular flexibility index (Phi) is 3.64. The molecule has 1 amide bonds. The van der Waals surface area contributed by atoms with E-state index in [1.807, 2.05) is 0 Å². The summed E-state index contributed by atoms with van der Waals surface area (Å²) >= 11 is 0. The highest BCUT2D eigenvalue weighted by atomic mass is 16.6. The monoisotopic (exact) mass is 292 g/mol. The van der Waals surface area contributed by atoms with E-state index in [0.717, 1.165) is 19.3 Å². The van der Waals surface area contributed by atoms with E-state index >= 15 is 0 Å². The third kappa shape index (κ3) is 2.63. The molecule has 2 heterocycles. The molecular formula is C14H16N2O5. The first-order valence-corrected chi connectivity index (χ1v) is 7.04. The van der Waals surface area contributed by atoms with Crippen LogP contribution in [-0.4, -0.2) is 42.0 Å². The molecule has 0 saturated carbocycles. The Labute approximate surface area is 121 Å². The summed E-state index contributed by atoms with van der Waals surface area (Å²) in [5.74, 6) is 0.411. The number of hydrogen-bond donors (Lipinski definition) is 0. The van der Waals surface area contributed by atoms with Crippen LogP contribution in [0.3, 0.4) is 0 Å². The maximum Gasteiger partial charge on any atom is 0.286 e. The van der Waals surface area contributed by atoms with Gasteiger partial charge in [0.25, 0.3) is 11.6 Å². The number of amides is 1. The lowest BCUT2D eigenvalue weighted by atomic mass is 10.1. The van der Waals surface area contributed by atoms with Gasteiger partial charge >= 0.3 is 0 Å². The van der Waals surface area contributed by atoms with Crippen molar-refractivity contribution in [3.05, 3.63) is 27.8 Å². The van der Waals surface area contributed by atoms with Crippen molar-refractivity contribution in [2.45, 2.75) is 19.3 Å². The number of carbonyl (C=O) groups is 1. The van der Waals surface area contributed by atoms with Crippen molar-refractivity contribution in [2.24, 2.45) is 0 Å². The number of fused-ring (bicyclic) bond motifs is 1. The number of piperidine rings is 1. The molecule has 1 aromatic rings. The third-order valence-corrected chi connectivity index (χ3v) is 3.73. The molecule has 0 unspecified atom stereocenters. The number of nitrogens with zero attached hydrogens (tertiary/aromatic N) is 2. The fourth-order valence-corrected chi connectivity index (χ4v) is 2.67. The molecule has 3 rings (SSSR count). The van der Waals surface area contributed by atoms with Crippen LogP contribution >= 0.6 is 0 Å². The number of nitro groups is 1. The lowest BCUT2D eigenvalue weighted by Crippen LogP contribution is -2.36. The Balaban J connectivity index is 1.99. The SMILES string of the molecule is O=C(c1cc2c(cc1[N+](=O)[O-])OCCO2)N1CCCCC1. The van der Waals surface area contributed by atoms with E-state index in [0.29, 0.717) is 37.8 Å². The standard InChI is InChI=1S/C14H16N2O5/c17-14(15-4-2-1-3-5-15)10-8-12-13(21-7-6-20-12)9-11(10)16(18)19/h8-9H,1-7H2. The molecule has 0 aliphatic carbocycles. The molecule has 0 radical (unpaired) electrons. The number of ether oxygens (including phenoxy) is 2. The number of hydrogen-bond acceptors (Lipinski definition) is 5. The Bertz CT molecular complexity index is 581. The van der Waals surface area contributed by atoms with Crippen molar-refractivity contribution in [2.75, 3.05) is 26.3 Å². The van der Waals surface area contributed by atoms with Gasteiger partial charge < -0.3 is 14.4 Å². The molecule has 1 aromatic carbocycles. The molecule has 2 aliphatic heterocycles. The summed E-state index contributed by atoms with van der Waals surface area (Å²) in [6, 6.07) is 2.72. The van der Waals surface area contributed by atoms with Gasteiger partial charge in [0.2, 0.25) is 0 Å². The number of benzene rings is 1. The molecular weight excluding hydrogens is 276 g/mol. The van der Waals surface area contributed by atoms with Crippen molar-refractivity contribution in [3.8, 4) is 11.5 Å². The van der Waals surface area contributed by atoms with Crippen LogP contribution in [0.1, 0.15) is 29.6 Å². The van der Waals surface area contributed by atoms with E-state index in [2.05, 4.69) is 0 Å². The zero-order valence-corrected chi connectivity index (χ0v) is 11.5. The topological polar surface area (TPSA) is 81.9 Å². The molecule has 0 spiro atoms. The number of likely N-dealkylation sites (tertiary alicyclic amines) is 1. The molecule has 1 saturated heterocycles. The highest BCUT2D eigenvalue weighted by molar-refractivity contribution is 5.99. The van der Waals surface area contributed by atoms with Crippen LogP contribution in [-0.2, 0) is 0 Å². The highest BCUT2D eigenvalue weighted by Gasteiger charge is 2.29. The van der Waals surface area contributed by atoms with Gasteiger partial charge in [-0.3, -0.25) is 14.9 Å². The molecule has 0 bridgehead atoms. The van der Waals surface area contributed by atoms with Crippen LogP contribution in [0.25, 0.3) is 0 Å². The fourth-order valence-electron chi connectivity index (χ4n) is 2.67. The van der Waals surface area contributed by atoms with Gasteiger partial charge in [-0.25, -0.2) is 0 Å². The third-order valence-electron chi connectivity index (χ3n) is 3.73. The molecule has 21 heavy (non-hydrogen) atoms. The lowest BCUT2D eigenvalue weighted by Gasteiger charge is -2.27. The van der Waals surface area contributed by atoms with Crippen LogP contribution in [0.4, 0.5) is 5.69 Å². The van der Waals surface area contributed by atoms with E-state index in [4.69, 9.17) is 9.47 Å². The summed E-state index contributed by atoms with van der Waals surface area (Å²) in [6.45, 7) is 2.01. The molecule has 2 aliphatic rings. The van der Waals surface area contributed by atoms with E-state index in [-0.39, 0.29) is 17.2 Å². The van der Waals surface area contributed by atoms with E-state index < -0.39 is 4.92 Å². The Morgan fingerprint density at radius 3 is 2.33 bits per heavy atom. The van der Waals surface area contributed by atoms with Crippen LogP contribution in [0.5, 0.6) is 11.5 Å². The zero-order chi connectivity index (χ0) is 14.8. The molecule has 0 N–H and O–H groups in total. The van der Waals surface area contributed by atoms with Crippen molar-refractivity contribution < 1.29 is 19.2 Å². The first kappa shape index (κ1) is 13.7. The fraction of sp³-hybridized carbons (Fsp3) is 0.500. The van der Waals surface area contributed by atoms with Crippen LogP contribution in [0, 0.1) is 10.1 Å². The Hall–Kier alpha value is -2.31. The number of carbonyl (C=O) groups excluding carboxylic acids is 1. The quantitative estimate of drug-likeness (QED) is 0.615. The van der Waals surface area contributed by atoms with Gasteiger partial charge in [0.05, 0.1) is 11.0 Å². The van der Waals surface area contributed by atoms with Gasteiger partial charge in [-0.1, -0.05) is 0 Å². The van der Waals surface area contributed by atoms with Crippen LogP contribution in [0.15, 0.2) is 12.1 Å². The first-order chi connectivity index (χ1) is 10.2. The zero-order valence-electron chi connectivity index (χ0n) is 11.5. The van der Waals surface area contributed by atoms with Gasteiger partial charge in [0, 0.05) is 19.2 Å². The average Bonchev–Trinajstić information content (AvgIpc) is 2.53. The average molecular weight is 292 g/mol. The molecule has 112 valence electrons. The number of nitro benzene ring substituents is 1. The Morgan fingerprint density at radius 2 is 1.71 bits per heavy atom. The van der Waals surface area contributed by atoms with Gasteiger partial charge in [-0.2, -0.15) is 0 Å². The summed E-state index contributed by atoms with van der Waals surface area (Å²) in [5, 5.41) is 11.2. The predicted octanol–water partition coefficient (Wildman–Crippen LogP) is 1.99. The summed E-state index contributed by atoms with van der Waals surface area (Å²) in [7, 11) is 0.